The predicted octanol–water partition coefficient (Wildman–Crippen LogP) is 2.61. The van der Waals surface area contributed by atoms with Gasteiger partial charge in [0.1, 0.15) is 6.61 Å². The molecule has 0 saturated carbocycles. The van der Waals surface area contributed by atoms with Gasteiger partial charge in [-0.25, -0.2) is 0 Å². The monoisotopic (exact) mass is 492 g/mol. The van der Waals surface area contributed by atoms with E-state index in [0.29, 0.717) is 51.0 Å². The summed E-state index contributed by atoms with van der Waals surface area (Å²) in [6.07, 6.45) is 0.161. The molecule has 1 aliphatic heterocycles. The molecule has 0 spiro atoms. The minimum Gasteiger partial charge on any atom is -0.493 e. The second-order valence-corrected chi connectivity index (χ2v) is 9.16. The molecule has 3 rings (SSSR count). The number of carbonyl (C=O) groups is 1. The molecule has 0 bridgehead atoms. The van der Waals surface area contributed by atoms with Crippen LogP contribution in [0.3, 0.4) is 0 Å². The molecular weight excluding hydrogens is 456 g/mol. The fourth-order valence-electron chi connectivity index (χ4n) is 4.12. The normalized spacial score (nSPS) is 16.4. The number of nitrogens with zero attached hydrogens (tertiary/aromatic N) is 2. The standard InChI is InChI=1S/C25H36N2O6S/c1-4-32-17-19(28)15-26(12-13-30-2)16-25(29)27-11-9-24-20(10-14-34-24)21(27)18-33-23-8-6-5-7-22(23)31-3/h5-8,10,14,19,21,28H,4,9,11-13,15-18H2,1-3H3/t19-,21-/m0/s1. The van der Waals surface area contributed by atoms with Gasteiger partial charge in [-0.05, 0) is 42.5 Å². The van der Waals surface area contributed by atoms with Gasteiger partial charge in [0.25, 0.3) is 0 Å². The molecule has 1 aromatic carbocycles. The van der Waals surface area contributed by atoms with Gasteiger partial charge in [-0.2, -0.15) is 0 Å². The third-order valence-electron chi connectivity index (χ3n) is 5.83. The molecule has 0 aliphatic carbocycles. The Labute approximate surface area is 206 Å². The van der Waals surface area contributed by atoms with Crippen LogP contribution in [0, 0.1) is 0 Å². The van der Waals surface area contributed by atoms with E-state index >= 15 is 0 Å². The Morgan fingerprint density at radius 3 is 2.79 bits per heavy atom. The molecule has 34 heavy (non-hydrogen) atoms. The zero-order valence-corrected chi connectivity index (χ0v) is 21.1. The topological polar surface area (TPSA) is 80.7 Å². The number of thiophene rings is 1. The SMILES string of the molecule is CCOC[C@@H](O)CN(CCOC)CC(=O)N1CCc2sccc2[C@@H]1COc1ccccc1OC. The molecule has 0 radical (unpaired) electrons. The van der Waals surface area contributed by atoms with E-state index in [1.165, 1.54) is 4.88 Å². The van der Waals surface area contributed by atoms with Crippen LogP contribution in [0.1, 0.15) is 23.4 Å². The Kier molecular flexibility index (Phi) is 10.6. The summed E-state index contributed by atoms with van der Waals surface area (Å²) in [7, 11) is 3.24. The molecule has 0 fully saturated rings. The number of para-hydroxylation sites is 2. The second kappa shape index (κ2) is 13.7. The van der Waals surface area contributed by atoms with Crippen LogP contribution in [0.25, 0.3) is 0 Å². The van der Waals surface area contributed by atoms with Gasteiger partial charge in [0.05, 0.1) is 39.0 Å². The zero-order valence-electron chi connectivity index (χ0n) is 20.3. The van der Waals surface area contributed by atoms with Gasteiger partial charge >= 0.3 is 0 Å². The third-order valence-corrected chi connectivity index (χ3v) is 6.83. The highest BCUT2D eigenvalue weighted by Gasteiger charge is 2.33. The van der Waals surface area contributed by atoms with Crippen LogP contribution in [0.5, 0.6) is 11.5 Å². The maximum absolute atomic E-state index is 13.5. The lowest BCUT2D eigenvalue weighted by molar-refractivity contribution is -0.136. The number of methoxy groups -OCH3 is 2. The summed E-state index contributed by atoms with van der Waals surface area (Å²) >= 11 is 1.72. The molecule has 2 heterocycles. The average Bonchev–Trinajstić information content (AvgIpc) is 3.33. The summed E-state index contributed by atoms with van der Waals surface area (Å²) in [5.74, 6) is 1.32. The molecule has 1 amide bonds. The number of aliphatic hydroxyl groups is 1. The number of benzene rings is 1. The number of aliphatic hydroxyl groups excluding tert-OH is 1. The van der Waals surface area contributed by atoms with Gasteiger partial charge in [-0.1, -0.05) is 12.1 Å². The van der Waals surface area contributed by atoms with Gasteiger partial charge in [0.2, 0.25) is 5.91 Å². The van der Waals surface area contributed by atoms with Gasteiger partial charge in [-0.15, -0.1) is 11.3 Å². The van der Waals surface area contributed by atoms with Crippen LogP contribution >= 0.6 is 11.3 Å². The highest BCUT2D eigenvalue weighted by molar-refractivity contribution is 7.10. The van der Waals surface area contributed by atoms with E-state index in [1.807, 2.05) is 41.0 Å². The Balaban J connectivity index is 1.71. The number of ether oxygens (including phenoxy) is 4. The molecule has 2 aromatic rings. The van der Waals surface area contributed by atoms with E-state index in [0.717, 1.165) is 12.0 Å². The molecule has 1 aromatic heterocycles. The van der Waals surface area contributed by atoms with Crippen molar-refractivity contribution in [2.24, 2.45) is 0 Å². The summed E-state index contributed by atoms with van der Waals surface area (Å²) in [6, 6.07) is 9.42. The highest BCUT2D eigenvalue weighted by atomic mass is 32.1. The fraction of sp³-hybridized carbons (Fsp3) is 0.560. The minimum absolute atomic E-state index is 0.00481. The van der Waals surface area contributed by atoms with Crippen molar-refractivity contribution in [2.45, 2.75) is 25.5 Å². The molecule has 8 nitrogen and oxygen atoms in total. The van der Waals surface area contributed by atoms with Crippen LogP contribution in [-0.2, 0) is 20.7 Å². The molecule has 1 N–H and O–H groups in total. The number of hydrogen-bond acceptors (Lipinski definition) is 8. The van der Waals surface area contributed by atoms with Gasteiger partial charge < -0.3 is 29.0 Å². The van der Waals surface area contributed by atoms with Gasteiger partial charge in [0.15, 0.2) is 11.5 Å². The van der Waals surface area contributed by atoms with Gasteiger partial charge in [0, 0.05) is 38.2 Å². The lowest BCUT2D eigenvalue weighted by Crippen LogP contribution is -2.48. The number of amides is 1. The minimum atomic E-state index is -0.667. The number of rotatable bonds is 14. The van der Waals surface area contributed by atoms with Crippen molar-refractivity contribution in [3.63, 3.8) is 0 Å². The summed E-state index contributed by atoms with van der Waals surface area (Å²) < 4.78 is 22.1. The summed E-state index contributed by atoms with van der Waals surface area (Å²) in [5.41, 5.74) is 1.14. The van der Waals surface area contributed by atoms with E-state index in [9.17, 15) is 9.90 Å². The first-order valence-corrected chi connectivity index (χ1v) is 12.5. The number of hydrogen-bond donors (Lipinski definition) is 1. The molecule has 1 aliphatic rings. The molecule has 0 saturated heterocycles. The van der Waals surface area contributed by atoms with Crippen molar-refractivity contribution in [3.05, 3.63) is 46.2 Å². The van der Waals surface area contributed by atoms with E-state index in [4.69, 9.17) is 18.9 Å². The Bertz CT molecular complexity index is 892. The fourth-order valence-corrected chi connectivity index (χ4v) is 5.05. The van der Waals surface area contributed by atoms with E-state index in [1.54, 1.807) is 25.6 Å². The van der Waals surface area contributed by atoms with E-state index in [-0.39, 0.29) is 25.1 Å². The predicted molar refractivity (Wildman–Crippen MR) is 132 cm³/mol. The first-order chi connectivity index (χ1) is 16.6. The van der Waals surface area contributed by atoms with Crippen LogP contribution in [0.4, 0.5) is 0 Å². The highest BCUT2D eigenvalue weighted by Crippen LogP contribution is 2.35. The van der Waals surface area contributed by atoms with E-state index in [2.05, 4.69) is 11.4 Å². The smallest absolute Gasteiger partial charge is 0.237 e. The van der Waals surface area contributed by atoms with Crippen molar-refractivity contribution >= 4 is 17.2 Å². The zero-order chi connectivity index (χ0) is 24.3. The van der Waals surface area contributed by atoms with E-state index < -0.39 is 6.10 Å². The molecular formula is C25H36N2O6S. The molecule has 9 heteroatoms. The van der Waals surface area contributed by atoms with Crippen LogP contribution in [-0.4, -0.2) is 93.7 Å². The van der Waals surface area contributed by atoms with Crippen molar-refractivity contribution in [1.29, 1.82) is 0 Å². The maximum Gasteiger partial charge on any atom is 0.237 e. The summed E-state index contributed by atoms with van der Waals surface area (Å²) in [5, 5.41) is 12.4. The number of fused-ring (bicyclic) bond motifs is 1. The average molecular weight is 493 g/mol. The van der Waals surface area contributed by atoms with Crippen molar-refractivity contribution in [1.82, 2.24) is 9.80 Å². The summed E-state index contributed by atoms with van der Waals surface area (Å²) in [4.78, 5) is 18.6. The molecule has 188 valence electrons. The quantitative estimate of drug-likeness (QED) is 0.434. The van der Waals surface area contributed by atoms with Crippen molar-refractivity contribution < 1.29 is 28.8 Å². The maximum atomic E-state index is 13.5. The van der Waals surface area contributed by atoms with Crippen LogP contribution in [0.2, 0.25) is 0 Å². The Hall–Kier alpha value is -2.17. The van der Waals surface area contributed by atoms with Crippen molar-refractivity contribution in [3.8, 4) is 11.5 Å². The summed E-state index contributed by atoms with van der Waals surface area (Å²) in [6.45, 7) is 5.19. The first-order valence-electron chi connectivity index (χ1n) is 11.7. The second-order valence-electron chi connectivity index (χ2n) is 8.16. The van der Waals surface area contributed by atoms with Crippen LogP contribution in [0.15, 0.2) is 35.7 Å². The first kappa shape index (κ1) is 26.4. The number of carbonyl (C=O) groups excluding carboxylic acids is 1. The molecule has 0 unspecified atom stereocenters. The van der Waals surface area contributed by atoms with Crippen LogP contribution < -0.4 is 9.47 Å². The van der Waals surface area contributed by atoms with Crippen molar-refractivity contribution in [2.75, 3.05) is 66.8 Å². The Morgan fingerprint density at radius 1 is 1.26 bits per heavy atom. The molecule has 2 atom stereocenters. The third kappa shape index (κ3) is 7.16. The van der Waals surface area contributed by atoms with Gasteiger partial charge in [-0.3, -0.25) is 9.69 Å². The Morgan fingerprint density at radius 2 is 2.06 bits per heavy atom. The lowest BCUT2D eigenvalue weighted by Gasteiger charge is -2.37. The largest absolute Gasteiger partial charge is 0.493 e. The lowest BCUT2D eigenvalue weighted by atomic mass is 10.0.